The highest BCUT2D eigenvalue weighted by atomic mass is 35.5. The molecular formula is C18H17ClN4O2. The minimum Gasteiger partial charge on any atom is -0.467 e. The number of furan rings is 1. The van der Waals surface area contributed by atoms with Crippen LogP contribution in [0.25, 0.3) is 0 Å². The Bertz CT molecular complexity index is 837. The fraction of sp³-hybridized carbons (Fsp3) is 0.167. The molecule has 3 rings (SSSR count). The number of aromatic nitrogens is 2. The first-order valence-corrected chi connectivity index (χ1v) is 8.19. The summed E-state index contributed by atoms with van der Waals surface area (Å²) in [7, 11) is 0. The van der Waals surface area contributed by atoms with E-state index in [4.69, 9.17) is 16.0 Å². The monoisotopic (exact) mass is 356 g/mol. The molecule has 0 saturated carbocycles. The second kappa shape index (κ2) is 8.30. The number of nitrogens with one attached hydrogen (secondary N) is 2. The molecule has 0 bridgehead atoms. The van der Waals surface area contributed by atoms with Crippen molar-refractivity contribution in [3.05, 3.63) is 77.1 Å². The molecule has 1 amide bonds. The van der Waals surface area contributed by atoms with Crippen LogP contribution in [0.3, 0.4) is 0 Å². The van der Waals surface area contributed by atoms with E-state index in [9.17, 15) is 4.79 Å². The molecule has 2 aromatic heterocycles. The fourth-order valence-electron chi connectivity index (χ4n) is 2.27. The number of hydrogen-bond acceptors (Lipinski definition) is 5. The van der Waals surface area contributed by atoms with Gasteiger partial charge in [0, 0.05) is 17.6 Å². The topological polar surface area (TPSA) is 80.0 Å². The summed E-state index contributed by atoms with van der Waals surface area (Å²) in [6, 6.07) is 12.8. The number of halogens is 1. The van der Waals surface area contributed by atoms with Crippen molar-refractivity contribution in [2.45, 2.75) is 13.0 Å². The molecule has 128 valence electrons. The van der Waals surface area contributed by atoms with Crippen LogP contribution in [0, 0.1) is 0 Å². The van der Waals surface area contributed by atoms with Crippen molar-refractivity contribution in [1.29, 1.82) is 0 Å². The molecular weight excluding hydrogens is 340 g/mol. The zero-order valence-corrected chi connectivity index (χ0v) is 14.2. The highest BCUT2D eigenvalue weighted by Crippen LogP contribution is 2.11. The molecule has 1 aromatic carbocycles. The number of carbonyl (C=O) groups excluding carboxylic acids is 1. The average molecular weight is 357 g/mol. The summed E-state index contributed by atoms with van der Waals surface area (Å²) >= 11 is 5.95. The van der Waals surface area contributed by atoms with Crippen LogP contribution in [0.1, 0.15) is 21.8 Å². The third-order valence-corrected chi connectivity index (χ3v) is 3.75. The van der Waals surface area contributed by atoms with Crippen molar-refractivity contribution in [1.82, 2.24) is 15.3 Å². The van der Waals surface area contributed by atoms with E-state index < -0.39 is 0 Å². The van der Waals surface area contributed by atoms with E-state index in [1.165, 1.54) is 6.33 Å². The van der Waals surface area contributed by atoms with Crippen molar-refractivity contribution in [2.24, 2.45) is 0 Å². The molecule has 0 spiro atoms. The van der Waals surface area contributed by atoms with Gasteiger partial charge < -0.3 is 15.1 Å². The normalized spacial score (nSPS) is 10.4. The molecule has 0 radical (unpaired) electrons. The first-order valence-electron chi connectivity index (χ1n) is 7.81. The molecule has 6 nitrogen and oxygen atoms in total. The van der Waals surface area contributed by atoms with Gasteiger partial charge in [0.15, 0.2) is 0 Å². The largest absolute Gasteiger partial charge is 0.467 e. The number of anilines is 1. The van der Waals surface area contributed by atoms with E-state index >= 15 is 0 Å². The first-order chi connectivity index (χ1) is 12.2. The van der Waals surface area contributed by atoms with Gasteiger partial charge in [-0.05, 0) is 36.2 Å². The summed E-state index contributed by atoms with van der Waals surface area (Å²) in [5.41, 5.74) is 1.37. The van der Waals surface area contributed by atoms with Crippen LogP contribution >= 0.6 is 11.6 Å². The van der Waals surface area contributed by atoms with Crippen molar-refractivity contribution < 1.29 is 9.21 Å². The molecule has 25 heavy (non-hydrogen) atoms. The summed E-state index contributed by atoms with van der Waals surface area (Å²) in [5, 5.41) is 6.62. The Morgan fingerprint density at radius 2 is 2.08 bits per heavy atom. The van der Waals surface area contributed by atoms with Gasteiger partial charge in [-0.25, -0.2) is 9.97 Å². The van der Waals surface area contributed by atoms with E-state index in [-0.39, 0.29) is 5.91 Å². The number of nitrogens with zero attached hydrogens (tertiary/aromatic N) is 2. The molecule has 0 aliphatic heterocycles. The Labute approximate surface area is 150 Å². The molecule has 0 atom stereocenters. The lowest BCUT2D eigenvalue weighted by Crippen LogP contribution is -2.26. The van der Waals surface area contributed by atoms with E-state index in [0.717, 1.165) is 11.3 Å². The van der Waals surface area contributed by atoms with Gasteiger partial charge in [0.2, 0.25) is 0 Å². The van der Waals surface area contributed by atoms with Gasteiger partial charge in [0.1, 0.15) is 23.6 Å². The smallest absolute Gasteiger partial charge is 0.270 e. The second-order valence-electron chi connectivity index (χ2n) is 5.36. The van der Waals surface area contributed by atoms with Crippen molar-refractivity contribution in [3.8, 4) is 0 Å². The molecule has 0 fully saturated rings. The third kappa shape index (κ3) is 5.06. The van der Waals surface area contributed by atoms with Crippen LogP contribution in [-0.2, 0) is 13.0 Å². The summed E-state index contributed by atoms with van der Waals surface area (Å²) in [6.07, 6.45) is 3.66. The molecule has 3 aromatic rings. The lowest BCUT2D eigenvalue weighted by molar-refractivity contribution is 0.0949. The Kier molecular flexibility index (Phi) is 5.64. The molecule has 0 saturated heterocycles. The van der Waals surface area contributed by atoms with Gasteiger partial charge in [0.05, 0.1) is 12.8 Å². The van der Waals surface area contributed by atoms with Crippen molar-refractivity contribution >= 4 is 23.3 Å². The Morgan fingerprint density at radius 1 is 1.16 bits per heavy atom. The lowest BCUT2D eigenvalue weighted by Gasteiger charge is -2.07. The van der Waals surface area contributed by atoms with Crippen LogP contribution in [0.4, 0.5) is 5.82 Å². The summed E-state index contributed by atoms with van der Waals surface area (Å²) < 4.78 is 5.24. The highest BCUT2D eigenvalue weighted by Gasteiger charge is 2.08. The number of benzene rings is 1. The molecule has 2 heterocycles. The number of rotatable bonds is 7. The maximum atomic E-state index is 12.2. The van der Waals surface area contributed by atoms with Gasteiger partial charge >= 0.3 is 0 Å². The SMILES string of the molecule is O=C(NCCc1cccc(Cl)c1)c1cc(NCc2ccco2)ncn1. The second-order valence-corrected chi connectivity index (χ2v) is 5.79. The van der Waals surface area contributed by atoms with Gasteiger partial charge in [-0.15, -0.1) is 0 Å². The molecule has 2 N–H and O–H groups in total. The molecule has 7 heteroatoms. The summed E-state index contributed by atoms with van der Waals surface area (Å²) in [5.74, 6) is 1.10. The Morgan fingerprint density at radius 3 is 2.88 bits per heavy atom. The fourth-order valence-corrected chi connectivity index (χ4v) is 2.49. The summed E-state index contributed by atoms with van der Waals surface area (Å²) in [6.45, 7) is 0.984. The minimum absolute atomic E-state index is 0.245. The number of carbonyl (C=O) groups is 1. The Hall–Kier alpha value is -2.86. The van der Waals surface area contributed by atoms with Crippen LogP contribution < -0.4 is 10.6 Å². The standard InChI is InChI=1S/C18H17ClN4O2/c19-14-4-1-3-13(9-14)6-7-20-18(24)16-10-17(23-12-22-16)21-11-15-5-2-8-25-15/h1-5,8-10,12H,6-7,11H2,(H,20,24)(H,21,22,23). The third-order valence-electron chi connectivity index (χ3n) is 3.51. The van der Waals surface area contributed by atoms with Crippen molar-refractivity contribution in [3.63, 3.8) is 0 Å². The van der Waals surface area contributed by atoms with Gasteiger partial charge in [-0.2, -0.15) is 0 Å². The van der Waals surface area contributed by atoms with E-state index in [2.05, 4.69) is 20.6 Å². The number of amides is 1. The first kappa shape index (κ1) is 17.0. The summed E-state index contributed by atoms with van der Waals surface area (Å²) in [4.78, 5) is 20.3. The van der Waals surface area contributed by atoms with E-state index in [0.29, 0.717) is 36.0 Å². The van der Waals surface area contributed by atoms with Crippen LogP contribution in [-0.4, -0.2) is 22.4 Å². The molecule has 0 unspecified atom stereocenters. The van der Waals surface area contributed by atoms with Crippen LogP contribution in [0.15, 0.2) is 59.5 Å². The maximum absolute atomic E-state index is 12.2. The maximum Gasteiger partial charge on any atom is 0.270 e. The quantitative estimate of drug-likeness (QED) is 0.679. The van der Waals surface area contributed by atoms with Crippen LogP contribution in [0.2, 0.25) is 5.02 Å². The zero-order valence-electron chi connectivity index (χ0n) is 13.4. The van der Waals surface area contributed by atoms with Gasteiger partial charge in [-0.3, -0.25) is 4.79 Å². The molecule has 0 aliphatic rings. The zero-order chi connectivity index (χ0) is 17.5. The Balaban J connectivity index is 1.52. The van der Waals surface area contributed by atoms with Crippen LogP contribution in [0.5, 0.6) is 0 Å². The average Bonchev–Trinajstić information content (AvgIpc) is 3.14. The lowest BCUT2D eigenvalue weighted by atomic mass is 10.1. The van der Waals surface area contributed by atoms with Gasteiger partial charge in [0.25, 0.3) is 5.91 Å². The highest BCUT2D eigenvalue weighted by molar-refractivity contribution is 6.30. The minimum atomic E-state index is -0.245. The predicted molar refractivity (Wildman–Crippen MR) is 95.6 cm³/mol. The van der Waals surface area contributed by atoms with E-state index in [1.54, 1.807) is 12.3 Å². The molecule has 0 aliphatic carbocycles. The van der Waals surface area contributed by atoms with Crippen molar-refractivity contribution in [2.75, 3.05) is 11.9 Å². The van der Waals surface area contributed by atoms with E-state index in [1.807, 2.05) is 36.4 Å². The van der Waals surface area contributed by atoms with Gasteiger partial charge in [-0.1, -0.05) is 23.7 Å². The number of hydrogen-bond donors (Lipinski definition) is 2. The predicted octanol–water partition coefficient (Wildman–Crippen LogP) is 3.31.